The van der Waals surface area contributed by atoms with Crippen molar-refractivity contribution < 1.29 is 19.1 Å². The third-order valence-electron chi connectivity index (χ3n) is 3.77. The Morgan fingerprint density at radius 1 is 1.12 bits per heavy atom. The molecule has 0 saturated heterocycles. The van der Waals surface area contributed by atoms with Crippen molar-refractivity contribution in [2.45, 2.75) is 25.9 Å². The van der Waals surface area contributed by atoms with E-state index < -0.39 is 11.8 Å². The van der Waals surface area contributed by atoms with Crippen LogP contribution in [0.1, 0.15) is 30.5 Å². The van der Waals surface area contributed by atoms with Gasteiger partial charge in [-0.2, -0.15) is 0 Å². The molecule has 128 valence electrons. The zero-order valence-electron chi connectivity index (χ0n) is 14.1. The average Bonchev–Trinajstić information content (AvgIpc) is 3.01. The van der Waals surface area contributed by atoms with Crippen LogP contribution in [0.3, 0.4) is 0 Å². The van der Waals surface area contributed by atoms with E-state index in [0.717, 1.165) is 11.3 Å². The Morgan fingerprint density at radius 3 is 2.50 bits per heavy atom. The van der Waals surface area contributed by atoms with E-state index in [1.165, 1.54) is 0 Å². The molecule has 0 aliphatic rings. The first-order valence-electron chi connectivity index (χ1n) is 8.04. The summed E-state index contributed by atoms with van der Waals surface area (Å²) < 4.78 is 12.5. The van der Waals surface area contributed by atoms with E-state index in [4.69, 9.17) is 9.47 Å². The number of nitrogens with zero attached hydrogens (tertiary/aromatic N) is 1. The van der Waals surface area contributed by atoms with Gasteiger partial charge in [0.15, 0.2) is 0 Å². The number of carbonyl (C=O) groups excluding carboxylic acids is 2. The number of aryl methyl sites for hydroxylation is 1. The molecule has 24 heavy (non-hydrogen) atoms. The lowest BCUT2D eigenvalue weighted by atomic mass is 9.99. The number of esters is 1. The maximum atomic E-state index is 12.0. The molecule has 0 aliphatic heterocycles. The molecule has 5 nitrogen and oxygen atoms in total. The number of hydrogen-bond donors (Lipinski definition) is 0. The molecular formula is C19H23NO4. The van der Waals surface area contributed by atoms with Gasteiger partial charge in [-0.05, 0) is 24.6 Å². The molecule has 0 spiro atoms. The predicted octanol–water partition coefficient (Wildman–Crippen LogP) is 2.85. The van der Waals surface area contributed by atoms with Gasteiger partial charge in [0.05, 0.1) is 19.8 Å². The first kappa shape index (κ1) is 17.9. The molecule has 0 bridgehead atoms. The monoisotopic (exact) mass is 329 g/mol. The summed E-state index contributed by atoms with van der Waals surface area (Å²) in [7, 11) is 1.91. The fourth-order valence-electron chi connectivity index (χ4n) is 2.56. The van der Waals surface area contributed by atoms with Crippen LogP contribution in [0.25, 0.3) is 0 Å². The first-order valence-corrected chi connectivity index (χ1v) is 8.04. The molecule has 5 heteroatoms. The third-order valence-corrected chi connectivity index (χ3v) is 3.77. The molecule has 0 fully saturated rings. The van der Waals surface area contributed by atoms with E-state index >= 15 is 0 Å². The van der Waals surface area contributed by atoms with E-state index in [0.29, 0.717) is 13.2 Å². The van der Waals surface area contributed by atoms with Crippen LogP contribution in [-0.2, 0) is 32.7 Å². The van der Waals surface area contributed by atoms with Crippen LogP contribution >= 0.6 is 0 Å². The number of carbonyl (C=O) groups is 2. The molecule has 2 aromatic rings. The maximum absolute atomic E-state index is 12.0. The Kier molecular flexibility index (Phi) is 6.75. The second-order valence-electron chi connectivity index (χ2n) is 5.59. The van der Waals surface area contributed by atoms with Gasteiger partial charge in [-0.1, -0.05) is 30.3 Å². The van der Waals surface area contributed by atoms with Gasteiger partial charge >= 0.3 is 5.97 Å². The lowest BCUT2D eigenvalue weighted by Crippen LogP contribution is -2.23. The molecular weight excluding hydrogens is 306 g/mol. The van der Waals surface area contributed by atoms with Crippen molar-refractivity contribution in [1.29, 1.82) is 0 Å². The van der Waals surface area contributed by atoms with E-state index in [-0.39, 0.29) is 18.9 Å². The molecule has 0 radical (unpaired) electrons. The smallest absolute Gasteiger partial charge is 0.374 e. The molecule has 0 unspecified atom stereocenters. The normalized spacial score (nSPS) is 11.9. The van der Waals surface area contributed by atoms with Crippen molar-refractivity contribution in [2.24, 2.45) is 7.05 Å². The highest BCUT2D eigenvalue weighted by atomic mass is 16.5. The minimum absolute atomic E-state index is 0.0749. The topological polar surface area (TPSA) is 57.5 Å². The molecule has 0 saturated carbocycles. The van der Waals surface area contributed by atoms with Crippen LogP contribution in [0.15, 0.2) is 48.7 Å². The lowest BCUT2D eigenvalue weighted by Gasteiger charge is -2.17. The third kappa shape index (κ3) is 5.06. The SMILES string of the molecule is CCOC(=O)C(=O)C[C@H](COCc1ccccc1)c1cccn1C. The van der Waals surface area contributed by atoms with Gasteiger partial charge in [0, 0.05) is 31.3 Å². The van der Waals surface area contributed by atoms with E-state index in [9.17, 15) is 9.59 Å². The largest absolute Gasteiger partial charge is 0.460 e. The minimum Gasteiger partial charge on any atom is -0.460 e. The van der Waals surface area contributed by atoms with Gasteiger partial charge in [0.25, 0.3) is 0 Å². The van der Waals surface area contributed by atoms with Crippen LogP contribution in [-0.4, -0.2) is 29.5 Å². The Balaban J connectivity index is 1.99. The number of benzene rings is 1. The summed E-state index contributed by atoms with van der Waals surface area (Å²) >= 11 is 0. The minimum atomic E-state index is -0.778. The fourth-order valence-corrected chi connectivity index (χ4v) is 2.56. The Morgan fingerprint density at radius 2 is 1.88 bits per heavy atom. The van der Waals surface area contributed by atoms with Crippen molar-refractivity contribution in [3.8, 4) is 0 Å². The van der Waals surface area contributed by atoms with Crippen LogP contribution in [0.5, 0.6) is 0 Å². The standard InChI is InChI=1S/C19H23NO4/c1-3-24-19(22)18(21)12-16(17-10-7-11-20(17)2)14-23-13-15-8-5-4-6-9-15/h4-11,16H,3,12-14H2,1-2H3/t16-/m1/s1. The highest BCUT2D eigenvalue weighted by Crippen LogP contribution is 2.21. The Hall–Kier alpha value is -2.40. The van der Waals surface area contributed by atoms with Crippen LogP contribution in [0.2, 0.25) is 0 Å². The zero-order chi connectivity index (χ0) is 17.4. The van der Waals surface area contributed by atoms with E-state index in [2.05, 4.69) is 0 Å². The van der Waals surface area contributed by atoms with Crippen LogP contribution in [0, 0.1) is 0 Å². The molecule has 2 rings (SSSR count). The van der Waals surface area contributed by atoms with Crippen molar-refractivity contribution in [2.75, 3.05) is 13.2 Å². The molecule has 1 heterocycles. The molecule has 1 aromatic carbocycles. The van der Waals surface area contributed by atoms with Crippen molar-refractivity contribution in [1.82, 2.24) is 4.57 Å². The fraction of sp³-hybridized carbons (Fsp3) is 0.368. The van der Waals surface area contributed by atoms with Gasteiger partial charge in [-0.15, -0.1) is 0 Å². The number of Topliss-reactive ketones (excluding diaryl/α,β-unsaturated/α-hetero) is 1. The Bertz CT molecular complexity index is 663. The van der Waals surface area contributed by atoms with Crippen LogP contribution in [0.4, 0.5) is 0 Å². The summed E-state index contributed by atoms with van der Waals surface area (Å²) in [4.78, 5) is 23.7. The first-order chi connectivity index (χ1) is 11.6. The molecule has 1 atom stereocenters. The summed E-state index contributed by atoms with van der Waals surface area (Å²) in [5, 5.41) is 0. The zero-order valence-corrected chi connectivity index (χ0v) is 14.1. The summed E-state index contributed by atoms with van der Waals surface area (Å²) in [6.45, 7) is 2.71. The summed E-state index contributed by atoms with van der Waals surface area (Å²) in [5.41, 5.74) is 2.03. The van der Waals surface area contributed by atoms with Gasteiger partial charge in [0.2, 0.25) is 5.78 Å². The van der Waals surface area contributed by atoms with Gasteiger partial charge in [-0.25, -0.2) is 4.79 Å². The number of aromatic nitrogens is 1. The second-order valence-corrected chi connectivity index (χ2v) is 5.59. The van der Waals surface area contributed by atoms with Gasteiger partial charge in [0.1, 0.15) is 0 Å². The summed E-state index contributed by atoms with van der Waals surface area (Å²) in [6.07, 6.45) is 1.99. The second kappa shape index (κ2) is 9.03. The summed E-state index contributed by atoms with van der Waals surface area (Å²) in [6, 6.07) is 13.7. The predicted molar refractivity (Wildman–Crippen MR) is 90.5 cm³/mol. The van der Waals surface area contributed by atoms with E-state index in [1.54, 1.807) is 6.92 Å². The van der Waals surface area contributed by atoms with E-state index in [1.807, 2.05) is 60.3 Å². The van der Waals surface area contributed by atoms with Crippen molar-refractivity contribution >= 4 is 11.8 Å². The quantitative estimate of drug-likeness (QED) is 0.524. The average molecular weight is 329 g/mol. The Labute approximate surface area is 142 Å². The molecule has 0 aliphatic carbocycles. The van der Waals surface area contributed by atoms with Crippen LogP contribution < -0.4 is 0 Å². The van der Waals surface area contributed by atoms with Gasteiger partial charge in [-0.3, -0.25) is 4.79 Å². The number of rotatable bonds is 9. The highest BCUT2D eigenvalue weighted by Gasteiger charge is 2.24. The highest BCUT2D eigenvalue weighted by molar-refractivity contribution is 6.33. The number of ether oxygens (including phenoxy) is 2. The maximum Gasteiger partial charge on any atom is 0.374 e. The van der Waals surface area contributed by atoms with Crippen molar-refractivity contribution in [3.05, 3.63) is 59.9 Å². The summed E-state index contributed by atoms with van der Waals surface area (Å²) in [5.74, 6) is -1.49. The number of ketones is 1. The molecule has 0 N–H and O–H groups in total. The lowest BCUT2D eigenvalue weighted by molar-refractivity contribution is -0.153. The van der Waals surface area contributed by atoms with Crippen molar-refractivity contribution in [3.63, 3.8) is 0 Å². The molecule has 0 amide bonds. The van der Waals surface area contributed by atoms with Gasteiger partial charge < -0.3 is 14.0 Å². The molecule has 1 aromatic heterocycles. The number of hydrogen-bond acceptors (Lipinski definition) is 4.